The van der Waals surface area contributed by atoms with Gasteiger partial charge < -0.3 is 4.74 Å². The minimum absolute atomic E-state index is 0.287. The van der Waals surface area contributed by atoms with Crippen molar-refractivity contribution in [2.24, 2.45) is 0 Å². The van der Waals surface area contributed by atoms with Gasteiger partial charge in [0.2, 0.25) is 11.0 Å². The Labute approximate surface area is 149 Å². The van der Waals surface area contributed by atoms with E-state index in [-0.39, 0.29) is 11.7 Å². The number of carbonyl (C=O) groups excluding carboxylic acids is 1. The highest BCUT2D eigenvalue weighted by atomic mass is 32.1. The van der Waals surface area contributed by atoms with Crippen molar-refractivity contribution in [1.82, 2.24) is 15.1 Å². The van der Waals surface area contributed by atoms with E-state index in [1.54, 1.807) is 18.2 Å². The van der Waals surface area contributed by atoms with Crippen LogP contribution >= 0.6 is 11.3 Å². The van der Waals surface area contributed by atoms with Crippen LogP contribution in [0.4, 0.5) is 9.52 Å². The number of hydrogen-bond donors (Lipinski definition) is 1. The first-order valence-corrected chi connectivity index (χ1v) is 9.24. The monoisotopic (exact) mass is 362 g/mol. The van der Waals surface area contributed by atoms with E-state index in [0.29, 0.717) is 42.9 Å². The third-order valence-electron chi connectivity index (χ3n) is 4.46. The number of ether oxygens (including phenoxy) is 1. The van der Waals surface area contributed by atoms with Gasteiger partial charge in [0.25, 0.3) is 0 Å². The van der Waals surface area contributed by atoms with Crippen LogP contribution in [0.5, 0.6) is 0 Å². The highest BCUT2D eigenvalue weighted by molar-refractivity contribution is 7.15. The quantitative estimate of drug-likeness (QED) is 0.885. The standard InChI is InChI=1S/C17H19FN4O2S/c18-13-4-2-1-3-12(13)14(22-7-9-24-10-8-22)15(23)19-17-21-20-16(25-17)11-5-6-11/h1-4,11,14H,5-10H2,(H,19,21,23)/t14-/m0/s1. The van der Waals surface area contributed by atoms with Crippen LogP contribution in [0.3, 0.4) is 0 Å². The Kier molecular flexibility index (Phi) is 4.74. The summed E-state index contributed by atoms with van der Waals surface area (Å²) in [7, 11) is 0. The number of morpholine rings is 1. The number of nitrogens with one attached hydrogen (secondary N) is 1. The number of benzene rings is 1. The number of halogens is 1. The fourth-order valence-electron chi connectivity index (χ4n) is 2.99. The molecule has 132 valence electrons. The first kappa shape index (κ1) is 16.6. The van der Waals surface area contributed by atoms with Crippen LogP contribution < -0.4 is 5.32 Å². The summed E-state index contributed by atoms with van der Waals surface area (Å²) in [5.41, 5.74) is 0.369. The number of amides is 1. The second-order valence-corrected chi connectivity index (χ2v) is 7.29. The minimum atomic E-state index is -0.710. The van der Waals surface area contributed by atoms with E-state index in [9.17, 15) is 9.18 Å². The molecule has 2 heterocycles. The summed E-state index contributed by atoms with van der Waals surface area (Å²) in [4.78, 5) is 14.9. The van der Waals surface area contributed by atoms with Crippen molar-refractivity contribution >= 4 is 22.4 Å². The Morgan fingerprint density at radius 2 is 2.04 bits per heavy atom. The molecule has 0 bridgehead atoms. The predicted octanol–water partition coefficient (Wildman–Crippen LogP) is 2.57. The molecule has 0 spiro atoms. The van der Waals surface area contributed by atoms with Crippen molar-refractivity contribution in [3.05, 3.63) is 40.7 Å². The third-order valence-corrected chi connectivity index (χ3v) is 5.46. The van der Waals surface area contributed by atoms with Gasteiger partial charge in [-0.05, 0) is 18.9 Å². The average molecular weight is 362 g/mol. The topological polar surface area (TPSA) is 67.4 Å². The summed E-state index contributed by atoms with van der Waals surface area (Å²) >= 11 is 1.40. The van der Waals surface area contributed by atoms with E-state index in [2.05, 4.69) is 15.5 Å². The molecule has 1 saturated carbocycles. The zero-order valence-corrected chi connectivity index (χ0v) is 14.5. The van der Waals surface area contributed by atoms with Gasteiger partial charge in [-0.25, -0.2) is 4.39 Å². The summed E-state index contributed by atoms with van der Waals surface area (Å²) in [5.74, 6) is -0.180. The lowest BCUT2D eigenvalue weighted by atomic mass is 10.0. The van der Waals surface area contributed by atoms with Gasteiger partial charge in [0.15, 0.2) is 0 Å². The van der Waals surface area contributed by atoms with E-state index in [1.165, 1.54) is 17.4 Å². The number of aromatic nitrogens is 2. The minimum Gasteiger partial charge on any atom is -0.379 e. The van der Waals surface area contributed by atoms with E-state index in [0.717, 1.165) is 17.8 Å². The van der Waals surface area contributed by atoms with E-state index >= 15 is 0 Å². The first-order chi connectivity index (χ1) is 12.2. The molecule has 0 radical (unpaired) electrons. The van der Waals surface area contributed by atoms with Crippen LogP contribution in [0.15, 0.2) is 24.3 Å². The van der Waals surface area contributed by atoms with Crippen LogP contribution in [0.25, 0.3) is 0 Å². The number of nitrogens with zero attached hydrogens (tertiary/aromatic N) is 3. The van der Waals surface area contributed by atoms with Crippen LogP contribution in [0.1, 0.15) is 35.4 Å². The predicted molar refractivity (Wildman–Crippen MR) is 92.0 cm³/mol. The summed E-state index contributed by atoms with van der Waals surface area (Å²) in [6.07, 6.45) is 2.27. The van der Waals surface area contributed by atoms with Gasteiger partial charge in [-0.15, -0.1) is 10.2 Å². The van der Waals surface area contributed by atoms with Crippen LogP contribution in [0, 0.1) is 5.82 Å². The largest absolute Gasteiger partial charge is 0.379 e. The smallest absolute Gasteiger partial charge is 0.248 e. The van der Waals surface area contributed by atoms with Crippen molar-refractivity contribution in [3.8, 4) is 0 Å². The zero-order chi connectivity index (χ0) is 17.2. The van der Waals surface area contributed by atoms with E-state index in [4.69, 9.17) is 4.74 Å². The second kappa shape index (κ2) is 7.15. The van der Waals surface area contributed by atoms with Crippen LogP contribution in [0.2, 0.25) is 0 Å². The first-order valence-electron chi connectivity index (χ1n) is 8.43. The Hall–Kier alpha value is -1.90. The van der Waals surface area contributed by atoms with E-state index in [1.807, 2.05) is 4.90 Å². The van der Waals surface area contributed by atoms with Gasteiger partial charge in [-0.2, -0.15) is 0 Å². The molecule has 2 fully saturated rings. The zero-order valence-electron chi connectivity index (χ0n) is 13.7. The fourth-order valence-corrected chi connectivity index (χ4v) is 3.91. The molecule has 2 aromatic rings. The molecule has 2 aliphatic rings. The van der Waals surface area contributed by atoms with Crippen molar-refractivity contribution in [3.63, 3.8) is 0 Å². The molecule has 1 aromatic heterocycles. The summed E-state index contributed by atoms with van der Waals surface area (Å²) in [6, 6.07) is 5.70. The van der Waals surface area contributed by atoms with Gasteiger partial charge in [0.1, 0.15) is 16.9 Å². The molecule has 1 saturated heterocycles. The molecule has 25 heavy (non-hydrogen) atoms. The molecule has 1 amide bonds. The molecule has 1 aliphatic carbocycles. The van der Waals surface area contributed by atoms with Crippen molar-refractivity contribution in [2.75, 3.05) is 31.6 Å². The van der Waals surface area contributed by atoms with Crippen molar-refractivity contribution in [2.45, 2.75) is 24.8 Å². The Bertz CT molecular complexity index is 759. The van der Waals surface area contributed by atoms with Crippen LogP contribution in [-0.4, -0.2) is 47.3 Å². The second-order valence-electron chi connectivity index (χ2n) is 6.28. The number of anilines is 1. The highest BCUT2D eigenvalue weighted by Crippen LogP contribution is 2.42. The Morgan fingerprint density at radius 3 is 2.76 bits per heavy atom. The molecule has 1 atom stereocenters. The molecule has 1 aromatic carbocycles. The van der Waals surface area contributed by atoms with Gasteiger partial charge in [0, 0.05) is 24.6 Å². The molecule has 1 aliphatic heterocycles. The maximum Gasteiger partial charge on any atom is 0.248 e. The number of carbonyl (C=O) groups is 1. The normalized spacial score (nSPS) is 19.6. The molecule has 8 heteroatoms. The summed E-state index contributed by atoms with van der Waals surface area (Å²) < 4.78 is 19.7. The number of hydrogen-bond acceptors (Lipinski definition) is 6. The molecular formula is C17H19FN4O2S. The molecule has 1 N–H and O–H groups in total. The molecule has 0 unspecified atom stereocenters. The summed E-state index contributed by atoms with van der Waals surface area (Å²) in [5, 5.41) is 12.5. The Balaban J connectivity index is 1.57. The van der Waals surface area contributed by atoms with Gasteiger partial charge >= 0.3 is 0 Å². The number of rotatable bonds is 5. The Morgan fingerprint density at radius 1 is 1.28 bits per heavy atom. The lowest BCUT2D eigenvalue weighted by Crippen LogP contribution is -2.44. The fraction of sp³-hybridized carbons (Fsp3) is 0.471. The lowest BCUT2D eigenvalue weighted by molar-refractivity contribution is -0.123. The summed E-state index contributed by atoms with van der Waals surface area (Å²) in [6.45, 7) is 2.22. The third kappa shape index (κ3) is 3.70. The van der Waals surface area contributed by atoms with Gasteiger partial charge in [-0.3, -0.25) is 15.0 Å². The van der Waals surface area contributed by atoms with Gasteiger partial charge in [0.05, 0.1) is 13.2 Å². The highest BCUT2D eigenvalue weighted by Gasteiger charge is 2.32. The SMILES string of the molecule is O=C(Nc1nnc(C2CC2)s1)[C@H](c1ccccc1F)N1CCOCC1. The van der Waals surface area contributed by atoms with Crippen LogP contribution in [-0.2, 0) is 9.53 Å². The molecule has 4 rings (SSSR count). The maximum atomic E-state index is 14.3. The average Bonchev–Trinajstić information content (AvgIpc) is 3.38. The lowest BCUT2D eigenvalue weighted by Gasteiger charge is -2.33. The van der Waals surface area contributed by atoms with Gasteiger partial charge in [-0.1, -0.05) is 29.5 Å². The van der Waals surface area contributed by atoms with Crippen molar-refractivity contribution in [1.29, 1.82) is 0 Å². The van der Waals surface area contributed by atoms with Crippen molar-refractivity contribution < 1.29 is 13.9 Å². The maximum absolute atomic E-state index is 14.3. The molecular weight excluding hydrogens is 343 g/mol. The van der Waals surface area contributed by atoms with E-state index < -0.39 is 6.04 Å². The molecule has 6 nitrogen and oxygen atoms in total.